The van der Waals surface area contributed by atoms with Gasteiger partial charge in [0.25, 0.3) is 0 Å². The maximum absolute atomic E-state index is 11.5. The van der Waals surface area contributed by atoms with Gasteiger partial charge in [0.2, 0.25) is 0 Å². The minimum Gasteiger partial charge on any atom is -0.481 e. The first-order valence-corrected chi connectivity index (χ1v) is 7.20. The Bertz CT molecular complexity index is 638. The fourth-order valence-corrected chi connectivity index (χ4v) is 3.01. The molecule has 1 unspecified atom stereocenters. The quantitative estimate of drug-likeness (QED) is 0.935. The lowest BCUT2D eigenvalue weighted by molar-refractivity contribution is -0.139. The van der Waals surface area contributed by atoms with Crippen molar-refractivity contribution in [2.45, 2.75) is 19.0 Å². The molecule has 4 nitrogen and oxygen atoms in total. The van der Waals surface area contributed by atoms with Crippen LogP contribution in [0.4, 0.5) is 0 Å². The van der Waals surface area contributed by atoms with Gasteiger partial charge in [-0.25, -0.2) is 0 Å². The lowest BCUT2D eigenvalue weighted by Crippen LogP contribution is -2.36. The minimum absolute atomic E-state index is 0.474. The molecule has 2 heterocycles. The van der Waals surface area contributed by atoms with E-state index in [4.69, 9.17) is 4.42 Å². The number of aliphatic carboxylic acids is 1. The first kappa shape index (κ1) is 13.4. The van der Waals surface area contributed by atoms with E-state index in [0.29, 0.717) is 17.8 Å². The van der Waals surface area contributed by atoms with Crippen molar-refractivity contribution >= 4 is 21.9 Å². The summed E-state index contributed by atoms with van der Waals surface area (Å²) >= 11 is 3.28. The molecule has 0 fully saturated rings. The van der Waals surface area contributed by atoms with Crippen LogP contribution in [0.1, 0.15) is 22.8 Å². The fraction of sp³-hybridized carbons (Fsp3) is 0.267. The highest BCUT2D eigenvalue weighted by Gasteiger charge is 2.30. The molecule has 1 atom stereocenters. The molecule has 104 valence electrons. The molecule has 1 aromatic heterocycles. The molecule has 2 aromatic rings. The Balaban J connectivity index is 1.84. The van der Waals surface area contributed by atoms with Crippen LogP contribution < -0.4 is 0 Å². The zero-order valence-electron chi connectivity index (χ0n) is 10.8. The number of hydrogen-bond donors (Lipinski definition) is 1. The molecule has 5 heteroatoms. The first-order chi connectivity index (χ1) is 9.63. The highest BCUT2D eigenvalue weighted by Crippen LogP contribution is 2.29. The summed E-state index contributed by atoms with van der Waals surface area (Å²) in [6.07, 6.45) is 0. The average Bonchev–Trinajstić information content (AvgIpc) is 2.83. The molecule has 1 aliphatic heterocycles. The summed E-state index contributed by atoms with van der Waals surface area (Å²) in [7, 11) is 0. The molecule has 0 saturated heterocycles. The Labute approximate surface area is 125 Å². The summed E-state index contributed by atoms with van der Waals surface area (Å²) in [4.78, 5) is 13.6. The number of benzene rings is 1. The topological polar surface area (TPSA) is 53.7 Å². The highest BCUT2D eigenvalue weighted by atomic mass is 79.9. The van der Waals surface area contributed by atoms with E-state index in [9.17, 15) is 9.90 Å². The van der Waals surface area contributed by atoms with Crippen molar-refractivity contribution in [3.05, 3.63) is 58.0 Å². The van der Waals surface area contributed by atoms with Gasteiger partial charge in [-0.15, -0.1) is 0 Å². The molecule has 0 aliphatic carbocycles. The molecule has 3 rings (SSSR count). The number of fused-ring (bicyclic) bond motifs is 1. The summed E-state index contributed by atoms with van der Waals surface area (Å²) in [6.45, 7) is 1.87. The fourth-order valence-electron chi connectivity index (χ4n) is 2.67. The summed E-state index contributed by atoms with van der Waals surface area (Å²) in [5.41, 5.74) is 2.01. The van der Waals surface area contributed by atoms with Crippen LogP contribution in [0.15, 0.2) is 45.5 Å². The molecule has 0 saturated carbocycles. The van der Waals surface area contributed by atoms with Crippen LogP contribution in [0, 0.1) is 0 Å². The van der Waals surface area contributed by atoms with Crippen molar-refractivity contribution in [3.63, 3.8) is 0 Å². The average molecular weight is 336 g/mol. The van der Waals surface area contributed by atoms with Gasteiger partial charge >= 0.3 is 5.97 Å². The van der Waals surface area contributed by atoms with Crippen LogP contribution in [0.2, 0.25) is 0 Å². The van der Waals surface area contributed by atoms with E-state index >= 15 is 0 Å². The second-order valence-electron chi connectivity index (χ2n) is 4.97. The summed E-state index contributed by atoms with van der Waals surface area (Å²) in [6, 6.07) is 11.5. The number of carboxylic acids is 1. The number of carbonyl (C=O) groups is 1. The van der Waals surface area contributed by atoms with E-state index < -0.39 is 11.9 Å². The standard InChI is InChI=1S/C15H14BrNO3/c16-14-6-5-11(20-14)8-17-7-10-3-1-2-4-12(10)13(9-17)15(18)19/h1-6,13H,7-9H2,(H,18,19). The maximum Gasteiger partial charge on any atom is 0.312 e. The van der Waals surface area contributed by atoms with Gasteiger partial charge in [0.05, 0.1) is 12.5 Å². The van der Waals surface area contributed by atoms with Crippen molar-refractivity contribution in [2.24, 2.45) is 0 Å². The molecule has 0 spiro atoms. The second-order valence-corrected chi connectivity index (χ2v) is 5.75. The first-order valence-electron chi connectivity index (χ1n) is 6.40. The Morgan fingerprint density at radius 3 is 2.85 bits per heavy atom. The smallest absolute Gasteiger partial charge is 0.312 e. The molecule has 1 aliphatic rings. The number of nitrogens with zero attached hydrogens (tertiary/aromatic N) is 1. The summed E-state index contributed by atoms with van der Waals surface area (Å²) in [5.74, 6) is -0.415. The monoisotopic (exact) mass is 335 g/mol. The Morgan fingerprint density at radius 2 is 2.15 bits per heavy atom. The third-order valence-electron chi connectivity index (χ3n) is 3.57. The van der Waals surface area contributed by atoms with Crippen molar-refractivity contribution in [2.75, 3.05) is 6.54 Å². The predicted octanol–water partition coefficient (Wildman–Crippen LogP) is 3.23. The van der Waals surface area contributed by atoms with Crippen molar-refractivity contribution in [1.82, 2.24) is 4.90 Å². The van der Waals surface area contributed by atoms with Gasteiger partial charge in [0, 0.05) is 13.1 Å². The highest BCUT2D eigenvalue weighted by molar-refractivity contribution is 9.10. The molecule has 0 radical (unpaired) electrons. The number of carboxylic acid groups (broad SMARTS) is 1. The normalized spacial score (nSPS) is 18.8. The molecule has 1 aromatic carbocycles. The van der Waals surface area contributed by atoms with Gasteiger partial charge in [-0.1, -0.05) is 24.3 Å². The van der Waals surface area contributed by atoms with Crippen molar-refractivity contribution in [1.29, 1.82) is 0 Å². The summed E-state index contributed by atoms with van der Waals surface area (Å²) in [5, 5.41) is 9.42. The third kappa shape index (κ3) is 2.64. The molecule has 20 heavy (non-hydrogen) atoms. The van der Waals surface area contributed by atoms with Crippen LogP contribution in [0.3, 0.4) is 0 Å². The van der Waals surface area contributed by atoms with Crippen LogP contribution in [0.5, 0.6) is 0 Å². The lowest BCUT2D eigenvalue weighted by atomic mass is 9.90. The van der Waals surface area contributed by atoms with Crippen LogP contribution >= 0.6 is 15.9 Å². The lowest BCUT2D eigenvalue weighted by Gasteiger charge is -2.32. The van der Waals surface area contributed by atoms with Crippen LogP contribution in [0.25, 0.3) is 0 Å². The molecule has 1 N–H and O–H groups in total. The molecule has 0 bridgehead atoms. The number of rotatable bonds is 3. The van der Waals surface area contributed by atoms with E-state index in [1.807, 2.05) is 36.4 Å². The third-order valence-corrected chi connectivity index (χ3v) is 4.00. The Hall–Kier alpha value is -1.59. The van der Waals surface area contributed by atoms with Crippen molar-refractivity contribution < 1.29 is 14.3 Å². The van der Waals surface area contributed by atoms with Crippen molar-refractivity contribution in [3.8, 4) is 0 Å². The van der Waals surface area contributed by atoms with E-state index in [2.05, 4.69) is 20.8 Å². The van der Waals surface area contributed by atoms with Crippen LogP contribution in [-0.4, -0.2) is 22.5 Å². The summed E-state index contributed by atoms with van der Waals surface area (Å²) < 4.78 is 6.19. The Morgan fingerprint density at radius 1 is 1.35 bits per heavy atom. The zero-order valence-corrected chi connectivity index (χ0v) is 12.3. The molecule has 0 amide bonds. The maximum atomic E-state index is 11.5. The van der Waals surface area contributed by atoms with Crippen LogP contribution in [-0.2, 0) is 17.9 Å². The molecular formula is C15H14BrNO3. The SMILES string of the molecule is O=C(O)C1CN(Cc2ccc(Br)o2)Cc2ccccc21. The van der Waals surface area contributed by atoms with Gasteiger partial charge in [-0.2, -0.15) is 0 Å². The van der Waals surface area contributed by atoms with Gasteiger partial charge in [-0.05, 0) is 39.2 Å². The number of halogens is 1. The Kier molecular flexibility index (Phi) is 3.63. The van der Waals surface area contributed by atoms with E-state index in [-0.39, 0.29) is 0 Å². The predicted molar refractivity (Wildman–Crippen MR) is 77.3 cm³/mol. The van der Waals surface area contributed by atoms with E-state index in [0.717, 1.165) is 23.4 Å². The van der Waals surface area contributed by atoms with Gasteiger partial charge in [0.1, 0.15) is 5.76 Å². The van der Waals surface area contributed by atoms with E-state index in [1.165, 1.54) is 0 Å². The van der Waals surface area contributed by atoms with Gasteiger partial charge < -0.3 is 9.52 Å². The number of hydrogen-bond acceptors (Lipinski definition) is 3. The van der Waals surface area contributed by atoms with Gasteiger partial charge in [-0.3, -0.25) is 9.69 Å². The molecular weight excluding hydrogens is 322 g/mol. The van der Waals surface area contributed by atoms with E-state index in [1.54, 1.807) is 0 Å². The second kappa shape index (κ2) is 5.42. The largest absolute Gasteiger partial charge is 0.481 e. The minimum atomic E-state index is -0.775. The van der Waals surface area contributed by atoms with Gasteiger partial charge in [0.15, 0.2) is 4.67 Å². The zero-order chi connectivity index (χ0) is 14.1. The number of furan rings is 1.